The first-order chi connectivity index (χ1) is 9.49. The lowest BCUT2D eigenvalue weighted by Crippen LogP contribution is -2.17. The molecule has 0 aliphatic heterocycles. The van der Waals surface area contributed by atoms with Gasteiger partial charge in [0.15, 0.2) is 0 Å². The van der Waals surface area contributed by atoms with Gasteiger partial charge in [-0.05, 0) is 12.1 Å². The molecule has 0 amide bonds. The van der Waals surface area contributed by atoms with Crippen LogP contribution in [0.5, 0.6) is 0 Å². The van der Waals surface area contributed by atoms with E-state index in [4.69, 9.17) is 5.11 Å². The Labute approximate surface area is 118 Å². The molecule has 104 valence electrons. The Morgan fingerprint density at radius 1 is 1.55 bits per heavy atom. The first-order valence-corrected chi connectivity index (χ1v) is 6.53. The van der Waals surface area contributed by atoms with Crippen molar-refractivity contribution in [2.24, 2.45) is 0 Å². The van der Waals surface area contributed by atoms with Gasteiger partial charge in [0.2, 0.25) is 0 Å². The molecule has 7 nitrogen and oxygen atoms in total. The molecule has 0 aliphatic carbocycles. The van der Waals surface area contributed by atoms with Crippen LogP contribution in [0.15, 0.2) is 29.1 Å². The highest BCUT2D eigenvalue weighted by Crippen LogP contribution is 2.26. The van der Waals surface area contributed by atoms with Crippen LogP contribution in [0.1, 0.15) is 16.1 Å². The predicted octanol–water partition coefficient (Wildman–Crippen LogP) is 2.39. The van der Waals surface area contributed by atoms with Crippen LogP contribution >= 0.6 is 11.3 Å². The van der Waals surface area contributed by atoms with E-state index in [9.17, 15) is 14.9 Å². The van der Waals surface area contributed by atoms with E-state index in [1.54, 1.807) is 23.5 Å². The molecule has 0 unspecified atom stereocenters. The first kappa shape index (κ1) is 13.9. The molecule has 20 heavy (non-hydrogen) atoms. The fourth-order valence-electron chi connectivity index (χ4n) is 1.74. The van der Waals surface area contributed by atoms with E-state index in [1.165, 1.54) is 23.5 Å². The smallest absolute Gasteiger partial charge is 0.342 e. The fourth-order valence-corrected chi connectivity index (χ4v) is 2.29. The SMILES string of the molecule is CN(Cc1cscn1)c1ccc(C(=O)O)c([N+](=O)[O-])c1. The van der Waals surface area contributed by atoms with Gasteiger partial charge in [0.25, 0.3) is 5.69 Å². The summed E-state index contributed by atoms with van der Waals surface area (Å²) in [6, 6.07) is 4.05. The van der Waals surface area contributed by atoms with Crippen LogP contribution in [0.4, 0.5) is 11.4 Å². The maximum Gasteiger partial charge on any atom is 0.342 e. The Morgan fingerprint density at radius 2 is 2.30 bits per heavy atom. The summed E-state index contributed by atoms with van der Waals surface area (Å²) in [5.74, 6) is -1.31. The highest BCUT2D eigenvalue weighted by atomic mass is 32.1. The zero-order chi connectivity index (χ0) is 14.7. The normalized spacial score (nSPS) is 10.2. The van der Waals surface area contributed by atoms with E-state index in [2.05, 4.69) is 4.98 Å². The number of carboxylic acids is 1. The number of carbonyl (C=O) groups is 1. The van der Waals surface area contributed by atoms with Gasteiger partial charge in [-0.3, -0.25) is 10.1 Å². The van der Waals surface area contributed by atoms with Crippen molar-refractivity contribution in [1.82, 2.24) is 4.98 Å². The molecule has 0 aliphatic rings. The van der Waals surface area contributed by atoms with Crippen molar-refractivity contribution in [2.45, 2.75) is 6.54 Å². The van der Waals surface area contributed by atoms with Crippen LogP contribution in [0.25, 0.3) is 0 Å². The second-order valence-electron chi connectivity index (χ2n) is 4.10. The molecular weight excluding hydrogens is 282 g/mol. The number of anilines is 1. The van der Waals surface area contributed by atoms with Gasteiger partial charge in [0, 0.05) is 24.2 Å². The number of hydrogen-bond acceptors (Lipinski definition) is 6. The molecule has 8 heteroatoms. The van der Waals surface area contributed by atoms with Crippen LogP contribution in [0.2, 0.25) is 0 Å². The highest BCUT2D eigenvalue weighted by Gasteiger charge is 2.21. The van der Waals surface area contributed by atoms with Crippen molar-refractivity contribution in [3.63, 3.8) is 0 Å². The fraction of sp³-hybridized carbons (Fsp3) is 0.167. The third-order valence-corrected chi connectivity index (χ3v) is 3.37. The Bertz CT molecular complexity index is 642. The Hall–Kier alpha value is -2.48. The van der Waals surface area contributed by atoms with Gasteiger partial charge >= 0.3 is 5.97 Å². The molecule has 0 atom stereocenters. The maximum atomic E-state index is 10.9. The Kier molecular flexibility index (Phi) is 3.94. The van der Waals surface area contributed by atoms with E-state index < -0.39 is 16.6 Å². The average molecular weight is 293 g/mol. The van der Waals surface area contributed by atoms with Crippen LogP contribution in [0.3, 0.4) is 0 Å². The highest BCUT2D eigenvalue weighted by molar-refractivity contribution is 7.07. The van der Waals surface area contributed by atoms with E-state index in [0.717, 1.165) is 5.69 Å². The van der Waals surface area contributed by atoms with Crippen molar-refractivity contribution >= 4 is 28.7 Å². The summed E-state index contributed by atoms with van der Waals surface area (Å²) in [5, 5.41) is 21.7. The Balaban J connectivity index is 2.31. The van der Waals surface area contributed by atoms with Crippen LogP contribution < -0.4 is 4.90 Å². The van der Waals surface area contributed by atoms with Gasteiger partial charge in [0.1, 0.15) is 5.56 Å². The topological polar surface area (TPSA) is 96.6 Å². The van der Waals surface area contributed by atoms with Crippen molar-refractivity contribution in [2.75, 3.05) is 11.9 Å². The lowest BCUT2D eigenvalue weighted by atomic mass is 10.1. The van der Waals surface area contributed by atoms with Crippen molar-refractivity contribution < 1.29 is 14.8 Å². The minimum absolute atomic E-state index is 0.319. The number of nitro groups is 1. The first-order valence-electron chi connectivity index (χ1n) is 5.59. The molecule has 1 aromatic carbocycles. The summed E-state index contributed by atoms with van der Waals surface area (Å²) in [6.45, 7) is 0.493. The van der Waals surface area contributed by atoms with Crippen LogP contribution in [0, 0.1) is 10.1 Å². The predicted molar refractivity (Wildman–Crippen MR) is 74.3 cm³/mol. The summed E-state index contributed by atoms with van der Waals surface area (Å²) in [7, 11) is 1.76. The van der Waals surface area contributed by atoms with E-state index >= 15 is 0 Å². The number of aromatic carboxylic acids is 1. The van der Waals surface area contributed by atoms with Gasteiger partial charge < -0.3 is 10.0 Å². The quantitative estimate of drug-likeness (QED) is 0.671. The summed E-state index contributed by atoms with van der Waals surface area (Å²) in [5.41, 5.74) is 2.39. The summed E-state index contributed by atoms with van der Waals surface area (Å²) >= 11 is 1.47. The number of benzene rings is 1. The molecular formula is C12H11N3O4S. The lowest BCUT2D eigenvalue weighted by Gasteiger charge is -2.18. The van der Waals surface area contributed by atoms with Crippen molar-refractivity contribution in [3.8, 4) is 0 Å². The molecule has 0 saturated heterocycles. The lowest BCUT2D eigenvalue weighted by molar-refractivity contribution is -0.385. The second kappa shape index (κ2) is 5.66. The number of hydrogen-bond donors (Lipinski definition) is 1. The zero-order valence-corrected chi connectivity index (χ0v) is 11.3. The summed E-state index contributed by atoms with van der Waals surface area (Å²) in [4.78, 5) is 27.1. The standard InChI is InChI=1S/C12H11N3O4S/c1-14(5-8-6-20-7-13-8)9-2-3-10(12(16)17)11(4-9)15(18)19/h2-4,6-7H,5H2,1H3,(H,16,17). The molecule has 0 saturated carbocycles. The number of aromatic nitrogens is 1. The van der Waals surface area contributed by atoms with Gasteiger partial charge in [-0.15, -0.1) is 11.3 Å². The Morgan fingerprint density at radius 3 is 2.85 bits per heavy atom. The zero-order valence-electron chi connectivity index (χ0n) is 10.5. The minimum atomic E-state index is -1.31. The molecule has 1 heterocycles. The largest absolute Gasteiger partial charge is 0.477 e. The molecule has 0 spiro atoms. The van der Waals surface area contributed by atoms with Crippen molar-refractivity contribution in [1.29, 1.82) is 0 Å². The molecule has 2 rings (SSSR count). The molecule has 1 aromatic heterocycles. The third kappa shape index (κ3) is 2.91. The van der Waals surface area contributed by atoms with Crippen LogP contribution in [-0.4, -0.2) is 28.0 Å². The van der Waals surface area contributed by atoms with E-state index in [1.807, 2.05) is 5.38 Å². The third-order valence-electron chi connectivity index (χ3n) is 2.73. The van der Waals surface area contributed by atoms with Gasteiger partial charge in [-0.2, -0.15) is 0 Å². The monoisotopic (exact) mass is 293 g/mol. The molecule has 0 bridgehead atoms. The summed E-state index contributed by atoms with van der Waals surface area (Å²) in [6.07, 6.45) is 0. The van der Waals surface area contributed by atoms with Gasteiger partial charge in [0.05, 0.1) is 22.7 Å². The van der Waals surface area contributed by atoms with E-state index in [0.29, 0.717) is 12.2 Å². The number of thiazole rings is 1. The molecule has 0 fully saturated rings. The molecule has 0 radical (unpaired) electrons. The maximum absolute atomic E-state index is 10.9. The molecule has 2 aromatic rings. The van der Waals surface area contributed by atoms with Crippen molar-refractivity contribution in [3.05, 3.63) is 50.5 Å². The summed E-state index contributed by atoms with van der Waals surface area (Å²) < 4.78 is 0. The van der Waals surface area contributed by atoms with Crippen LogP contribution in [-0.2, 0) is 6.54 Å². The average Bonchev–Trinajstić information content (AvgIpc) is 2.90. The number of rotatable bonds is 5. The van der Waals surface area contributed by atoms with Gasteiger partial charge in [-0.25, -0.2) is 9.78 Å². The minimum Gasteiger partial charge on any atom is -0.477 e. The number of nitro benzene ring substituents is 1. The molecule has 1 N–H and O–H groups in total. The van der Waals surface area contributed by atoms with E-state index in [-0.39, 0.29) is 5.56 Å². The number of carboxylic acid groups (broad SMARTS) is 1. The van der Waals surface area contributed by atoms with Gasteiger partial charge in [-0.1, -0.05) is 0 Å². The second-order valence-corrected chi connectivity index (χ2v) is 4.82. The number of nitrogens with zero attached hydrogens (tertiary/aromatic N) is 3.